The zero-order chi connectivity index (χ0) is 8.53. The average molecular weight is 159 g/mol. The van der Waals surface area contributed by atoms with Crippen LogP contribution in [0.3, 0.4) is 0 Å². The lowest BCUT2D eigenvalue weighted by Crippen LogP contribution is -2.27. The van der Waals surface area contributed by atoms with Crippen molar-refractivity contribution in [2.75, 3.05) is 13.2 Å². The molecule has 0 fully saturated rings. The Morgan fingerprint density at radius 1 is 1.55 bits per heavy atom. The molecule has 0 heterocycles. The Balaban J connectivity index is 2.95. The van der Waals surface area contributed by atoms with E-state index < -0.39 is 6.04 Å². The standard InChI is InChI=1S/C8H17NO2/c1-2-3-4-5-11-7-8(9)6-10/h6,8H,2-5,7,9H2,1H3/t8-/m1/s1. The molecule has 1 atom stereocenters. The minimum atomic E-state index is -0.448. The van der Waals surface area contributed by atoms with Crippen LogP contribution in [-0.4, -0.2) is 25.5 Å². The quantitative estimate of drug-likeness (QED) is 0.440. The SMILES string of the molecule is CCCCCOC[C@H](N)C=O. The fraction of sp³-hybridized carbons (Fsp3) is 0.875. The van der Waals surface area contributed by atoms with Gasteiger partial charge in [0.2, 0.25) is 0 Å². The third kappa shape index (κ3) is 7.49. The van der Waals surface area contributed by atoms with Crippen molar-refractivity contribution < 1.29 is 9.53 Å². The van der Waals surface area contributed by atoms with Gasteiger partial charge in [-0.1, -0.05) is 19.8 Å². The number of aldehydes is 1. The second-order valence-electron chi connectivity index (χ2n) is 2.58. The second-order valence-corrected chi connectivity index (χ2v) is 2.58. The van der Waals surface area contributed by atoms with Crippen LogP contribution < -0.4 is 5.73 Å². The number of hydrogen-bond acceptors (Lipinski definition) is 3. The van der Waals surface area contributed by atoms with Gasteiger partial charge in [0.1, 0.15) is 6.29 Å². The van der Waals surface area contributed by atoms with E-state index in [1.807, 2.05) is 0 Å². The molecule has 3 heteroatoms. The summed E-state index contributed by atoms with van der Waals surface area (Å²) < 4.78 is 5.13. The monoisotopic (exact) mass is 159 g/mol. The zero-order valence-corrected chi connectivity index (χ0v) is 7.08. The summed E-state index contributed by atoms with van der Waals surface area (Å²) in [5, 5.41) is 0. The van der Waals surface area contributed by atoms with Crippen LogP contribution in [0.4, 0.5) is 0 Å². The first-order valence-corrected chi connectivity index (χ1v) is 4.10. The van der Waals surface area contributed by atoms with Gasteiger partial charge in [0, 0.05) is 6.61 Å². The van der Waals surface area contributed by atoms with Gasteiger partial charge in [-0.05, 0) is 6.42 Å². The van der Waals surface area contributed by atoms with Gasteiger partial charge in [0.25, 0.3) is 0 Å². The van der Waals surface area contributed by atoms with Gasteiger partial charge in [0.05, 0.1) is 12.6 Å². The molecule has 0 aliphatic heterocycles. The fourth-order valence-electron chi connectivity index (χ4n) is 0.713. The first-order chi connectivity index (χ1) is 5.31. The highest BCUT2D eigenvalue weighted by molar-refractivity contribution is 5.56. The van der Waals surface area contributed by atoms with E-state index in [1.54, 1.807) is 0 Å². The van der Waals surface area contributed by atoms with E-state index in [4.69, 9.17) is 10.5 Å². The van der Waals surface area contributed by atoms with Gasteiger partial charge < -0.3 is 15.3 Å². The number of carbonyl (C=O) groups excluding carboxylic acids is 1. The Kier molecular flexibility index (Phi) is 7.41. The number of carbonyl (C=O) groups is 1. The maximum Gasteiger partial charge on any atom is 0.139 e. The molecule has 0 aliphatic carbocycles. The summed E-state index contributed by atoms with van der Waals surface area (Å²) in [6, 6.07) is -0.448. The van der Waals surface area contributed by atoms with Crippen molar-refractivity contribution in [3.05, 3.63) is 0 Å². The molecular weight excluding hydrogens is 142 g/mol. The van der Waals surface area contributed by atoms with Crippen molar-refractivity contribution in [3.63, 3.8) is 0 Å². The summed E-state index contributed by atoms with van der Waals surface area (Å²) in [5.74, 6) is 0. The normalized spacial score (nSPS) is 12.9. The summed E-state index contributed by atoms with van der Waals surface area (Å²) in [6.07, 6.45) is 4.13. The van der Waals surface area contributed by atoms with E-state index in [0.29, 0.717) is 12.9 Å². The molecule has 0 saturated carbocycles. The Labute approximate surface area is 67.9 Å². The highest BCUT2D eigenvalue weighted by Crippen LogP contribution is 1.93. The first kappa shape index (κ1) is 10.6. The maximum atomic E-state index is 10.0. The summed E-state index contributed by atoms with van der Waals surface area (Å²) in [6.45, 7) is 3.21. The first-order valence-electron chi connectivity index (χ1n) is 4.10. The van der Waals surface area contributed by atoms with Crippen LogP contribution in [0.25, 0.3) is 0 Å². The van der Waals surface area contributed by atoms with Crippen LogP contribution >= 0.6 is 0 Å². The summed E-state index contributed by atoms with van der Waals surface area (Å²) >= 11 is 0. The number of ether oxygens (including phenoxy) is 1. The van der Waals surface area contributed by atoms with E-state index in [-0.39, 0.29) is 0 Å². The Morgan fingerprint density at radius 2 is 2.27 bits per heavy atom. The zero-order valence-electron chi connectivity index (χ0n) is 7.08. The molecule has 0 aliphatic rings. The van der Waals surface area contributed by atoms with Gasteiger partial charge in [-0.2, -0.15) is 0 Å². The largest absolute Gasteiger partial charge is 0.379 e. The van der Waals surface area contributed by atoms with Crippen molar-refractivity contribution in [3.8, 4) is 0 Å². The minimum Gasteiger partial charge on any atom is -0.379 e. The van der Waals surface area contributed by atoms with Crippen LogP contribution in [0, 0.1) is 0 Å². The lowest BCUT2D eigenvalue weighted by atomic mass is 10.3. The highest BCUT2D eigenvalue weighted by atomic mass is 16.5. The van der Waals surface area contributed by atoms with Crippen molar-refractivity contribution in [1.29, 1.82) is 0 Å². The van der Waals surface area contributed by atoms with Crippen LogP contribution in [-0.2, 0) is 9.53 Å². The molecule has 11 heavy (non-hydrogen) atoms. The molecule has 0 radical (unpaired) electrons. The van der Waals surface area contributed by atoms with Crippen LogP contribution in [0.5, 0.6) is 0 Å². The number of unbranched alkanes of at least 4 members (excludes halogenated alkanes) is 2. The predicted molar refractivity (Wildman–Crippen MR) is 44.4 cm³/mol. The van der Waals surface area contributed by atoms with Crippen molar-refractivity contribution >= 4 is 6.29 Å². The highest BCUT2D eigenvalue weighted by Gasteiger charge is 1.97. The van der Waals surface area contributed by atoms with E-state index in [1.165, 1.54) is 12.8 Å². The number of nitrogens with two attached hydrogens (primary N) is 1. The molecule has 2 N–H and O–H groups in total. The smallest absolute Gasteiger partial charge is 0.139 e. The van der Waals surface area contributed by atoms with E-state index in [9.17, 15) is 4.79 Å². The molecule has 66 valence electrons. The molecule has 0 aromatic rings. The molecule has 0 saturated heterocycles. The van der Waals surface area contributed by atoms with Gasteiger partial charge >= 0.3 is 0 Å². The lowest BCUT2D eigenvalue weighted by Gasteiger charge is -2.04. The lowest BCUT2D eigenvalue weighted by molar-refractivity contribution is -0.110. The topological polar surface area (TPSA) is 52.3 Å². The van der Waals surface area contributed by atoms with Crippen molar-refractivity contribution in [1.82, 2.24) is 0 Å². The summed E-state index contributed by atoms with van der Waals surface area (Å²) in [7, 11) is 0. The van der Waals surface area contributed by atoms with E-state index in [0.717, 1.165) is 13.0 Å². The van der Waals surface area contributed by atoms with E-state index in [2.05, 4.69) is 6.92 Å². The summed E-state index contributed by atoms with van der Waals surface area (Å²) in [4.78, 5) is 10.0. The van der Waals surface area contributed by atoms with E-state index >= 15 is 0 Å². The molecule has 0 spiro atoms. The van der Waals surface area contributed by atoms with Gasteiger partial charge in [-0.15, -0.1) is 0 Å². The molecule has 0 unspecified atom stereocenters. The summed E-state index contributed by atoms with van der Waals surface area (Å²) in [5.41, 5.74) is 5.29. The fourth-order valence-corrected chi connectivity index (χ4v) is 0.713. The van der Waals surface area contributed by atoms with Crippen LogP contribution in [0.15, 0.2) is 0 Å². The van der Waals surface area contributed by atoms with Gasteiger partial charge in [-0.25, -0.2) is 0 Å². The number of hydrogen-bond donors (Lipinski definition) is 1. The van der Waals surface area contributed by atoms with Crippen LogP contribution in [0.1, 0.15) is 26.2 Å². The second kappa shape index (κ2) is 7.69. The van der Waals surface area contributed by atoms with Crippen molar-refractivity contribution in [2.24, 2.45) is 5.73 Å². The third-order valence-corrected chi connectivity index (χ3v) is 1.38. The van der Waals surface area contributed by atoms with Gasteiger partial charge in [0.15, 0.2) is 0 Å². The average Bonchev–Trinajstić information content (AvgIpc) is 2.04. The Hall–Kier alpha value is -0.410. The third-order valence-electron chi connectivity index (χ3n) is 1.38. The molecular formula is C8H17NO2. The molecule has 0 aromatic carbocycles. The molecule has 0 bridgehead atoms. The van der Waals surface area contributed by atoms with Crippen molar-refractivity contribution in [2.45, 2.75) is 32.2 Å². The molecule has 0 rings (SSSR count). The maximum absolute atomic E-state index is 10.0. The molecule has 0 aromatic heterocycles. The Bertz CT molecular complexity index is 96.1. The van der Waals surface area contributed by atoms with Crippen LogP contribution in [0.2, 0.25) is 0 Å². The Morgan fingerprint density at radius 3 is 2.82 bits per heavy atom. The molecule has 3 nitrogen and oxygen atoms in total. The minimum absolute atomic E-state index is 0.354. The van der Waals surface area contributed by atoms with Gasteiger partial charge in [-0.3, -0.25) is 0 Å². The predicted octanol–water partition coefficient (Wildman–Crippen LogP) is 0.719. The number of rotatable bonds is 7. The molecule has 0 amide bonds.